The maximum atomic E-state index is 14.5. The van der Waals surface area contributed by atoms with Crippen LogP contribution in [0, 0.1) is 39.7 Å². The molecule has 3 aliphatic rings. The highest BCUT2D eigenvalue weighted by atomic mass is 35.5. The molecule has 22 nitrogen and oxygen atoms in total. The summed E-state index contributed by atoms with van der Waals surface area (Å²) in [5, 5.41) is 92.8. The molecule has 4 heterocycles. The highest BCUT2D eigenvalue weighted by Crippen LogP contribution is 2.45. The summed E-state index contributed by atoms with van der Waals surface area (Å²) in [5.74, 6) is -6.72. The summed E-state index contributed by atoms with van der Waals surface area (Å²) in [7, 11) is 3.32. The largest absolute Gasteiger partial charge is 0.459 e. The maximum absolute atomic E-state index is 14.5. The van der Waals surface area contributed by atoms with E-state index >= 15 is 0 Å². The Kier molecular flexibility index (Phi) is 21.8. The Morgan fingerprint density at radius 1 is 1.01 bits per heavy atom. The van der Waals surface area contributed by atoms with Crippen LogP contribution >= 0.6 is 23.2 Å². The number of rotatable bonds is 17. The molecule has 1 aromatic heterocycles. The first-order valence-corrected chi connectivity index (χ1v) is 27.1. The Labute approximate surface area is 455 Å². The zero-order chi connectivity index (χ0) is 56.9. The molecule has 1 aromatic carbocycles. The zero-order valence-electron chi connectivity index (χ0n) is 45.7. The minimum absolute atomic E-state index is 0.100. The number of carbonyl (C=O) groups excluding carboxylic acids is 3. The number of aliphatic hydroxyl groups excluding tert-OH is 4. The number of halogens is 2. The highest BCUT2D eigenvalue weighted by molar-refractivity contribution is 6.53. The van der Waals surface area contributed by atoms with E-state index in [0.29, 0.717) is 37.1 Å². The quantitative estimate of drug-likeness (QED) is 0.0516. The Morgan fingerprint density at radius 2 is 1.66 bits per heavy atom. The average molecular weight is 1120 g/mol. The number of alkyl halides is 2. The third-order valence-electron chi connectivity index (χ3n) is 16.4. The molecule has 3 unspecified atom stereocenters. The normalized spacial score (nSPS) is 38.1. The number of carbonyl (C=O) groups is 3. The van der Waals surface area contributed by atoms with E-state index < -0.39 is 154 Å². The lowest BCUT2D eigenvalue weighted by Crippen LogP contribution is -2.62. The van der Waals surface area contributed by atoms with Crippen LogP contribution in [0.2, 0.25) is 0 Å². The minimum Gasteiger partial charge on any atom is -0.459 e. The molecule has 5 rings (SSSR count). The number of hydrogen-bond acceptors (Lipinski definition) is 19. The van der Waals surface area contributed by atoms with Gasteiger partial charge < -0.3 is 64.5 Å². The number of hydrogen-bond donors (Lipinski definition) is 7. The van der Waals surface area contributed by atoms with E-state index in [1.807, 2.05) is 18.9 Å². The van der Waals surface area contributed by atoms with Crippen molar-refractivity contribution in [1.82, 2.24) is 25.2 Å². The predicted octanol–water partition coefficient (Wildman–Crippen LogP) is 3.43. The van der Waals surface area contributed by atoms with E-state index in [9.17, 15) is 55.1 Å². The van der Waals surface area contributed by atoms with Crippen molar-refractivity contribution in [1.29, 1.82) is 0 Å². The number of methoxy groups -OCH3 is 1. The number of amides is 1. The lowest BCUT2D eigenvalue weighted by atomic mass is 9.67. The van der Waals surface area contributed by atoms with E-state index in [2.05, 4.69) is 15.6 Å². The summed E-state index contributed by atoms with van der Waals surface area (Å²) >= 11 is 11.6. The molecule has 3 fully saturated rings. The number of cyclic esters (lactones) is 1. The molecule has 7 N–H and O–H groups in total. The molecule has 0 bridgehead atoms. The van der Waals surface area contributed by atoms with Crippen LogP contribution in [0.3, 0.4) is 0 Å². The lowest BCUT2D eigenvalue weighted by molar-refractivity contribution is -0.384. The van der Waals surface area contributed by atoms with Crippen molar-refractivity contribution in [2.45, 2.75) is 203 Å². The number of likely N-dealkylation sites (N-methyl/N-ethyl adjacent to an activating group) is 1. The van der Waals surface area contributed by atoms with Crippen LogP contribution in [0.5, 0.6) is 0 Å². The third kappa shape index (κ3) is 14.3. The summed E-state index contributed by atoms with van der Waals surface area (Å²) in [4.78, 5) is 52.6. The van der Waals surface area contributed by atoms with Gasteiger partial charge in [-0.3, -0.25) is 24.5 Å². The second kappa shape index (κ2) is 26.2. The number of ether oxygens (including phenoxy) is 5. The van der Waals surface area contributed by atoms with E-state index in [1.165, 1.54) is 56.8 Å². The second-order valence-corrected chi connectivity index (χ2v) is 23.4. The molecular weight excluding hydrogens is 1040 g/mol. The van der Waals surface area contributed by atoms with E-state index in [1.54, 1.807) is 47.7 Å². The Balaban J connectivity index is 1.44. The molecule has 430 valence electrons. The van der Waals surface area contributed by atoms with Crippen LogP contribution in [0.25, 0.3) is 0 Å². The van der Waals surface area contributed by atoms with Gasteiger partial charge in [-0.1, -0.05) is 63.0 Å². The molecule has 24 heteroatoms. The molecule has 20 atom stereocenters. The Morgan fingerprint density at radius 3 is 2.24 bits per heavy atom. The molecule has 3 saturated heterocycles. The van der Waals surface area contributed by atoms with Crippen LogP contribution in [0.1, 0.15) is 119 Å². The molecule has 3 aliphatic heterocycles. The number of nitro groups is 1. The van der Waals surface area contributed by atoms with Gasteiger partial charge in [0.15, 0.2) is 11.1 Å². The van der Waals surface area contributed by atoms with E-state index in [-0.39, 0.29) is 24.9 Å². The standard InChI is InChI=1S/C52H82Cl2N6O16/c1-13-38-52(10,69)43(64)30(6)41(62)26(2)22-50(8,68)45(28(4)39(29(5)48(67)75-38)37-23-51(9,72-12)44(65)31(7)74-37)76-49-42(63)36(21-27(3)73-49)58(11)20-14-15-33-24-59(57-56-33)40(35(25-61)55-47(66)46(53)54)32-16-18-34(19-17-32)60(70)71/h16-19,24,26-31,35-40,42-46,49,61,63-65,68-69H,13-15,20-23,25H2,1-12H3,(H,55,66)/t26-,27-,28+,29-,30+,31+,35?,36+,37?,38-,39+,40?,42-,43-,44+,45-,49+,50-,51-,52-/m1/s1. The van der Waals surface area contributed by atoms with Gasteiger partial charge in [-0.2, -0.15) is 0 Å². The summed E-state index contributed by atoms with van der Waals surface area (Å²) < 4.78 is 33.2. The van der Waals surface area contributed by atoms with Crippen molar-refractivity contribution >= 4 is 46.5 Å². The van der Waals surface area contributed by atoms with Gasteiger partial charge in [0.2, 0.25) is 0 Å². The number of esters is 1. The Bertz CT molecular complexity index is 2260. The molecule has 1 amide bonds. The number of nitrogens with zero attached hydrogens (tertiary/aromatic N) is 5. The number of Topliss-reactive ketones (excluding diaryl/α,β-unsaturated/α-hetero) is 1. The fourth-order valence-electron chi connectivity index (χ4n) is 12.0. The molecule has 0 spiro atoms. The van der Waals surface area contributed by atoms with Gasteiger partial charge in [-0.05, 0) is 104 Å². The summed E-state index contributed by atoms with van der Waals surface area (Å²) in [6, 6.07) is 3.12. The number of aromatic nitrogens is 3. The van der Waals surface area contributed by atoms with Gasteiger partial charge in [0.05, 0.1) is 70.9 Å². The first-order chi connectivity index (χ1) is 35.4. The lowest BCUT2D eigenvalue weighted by Gasteiger charge is -2.51. The first-order valence-electron chi connectivity index (χ1n) is 26.2. The van der Waals surface area contributed by atoms with Crippen molar-refractivity contribution in [2.75, 3.05) is 27.3 Å². The van der Waals surface area contributed by atoms with Crippen molar-refractivity contribution in [3.05, 3.63) is 51.8 Å². The maximum Gasteiger partial charge on any atom is 0.309 e. The van der Waals surface area contributed by atoms with Crippen molar-refractivity contribution in [3.63, 3.8) is 0 Å². The summed E-state index contributed by atoms with van der Waals surface area (Å²) in [6.07, 6.45) is -6.98. The van der Waals surface area contributed by atoms with Gasteiger partial charge in [0.1, 0.15) is 35.7 Å². The van der Waals surface area contributed by atoms with E-state index in [4.69, 9.17) is 46.9 Å². The zero-order valence-corrected chi connectivity index (χ0v) is 47.2. The predicted molar refractivity (Wildman–Crippen MR) is 278 cm³/mol. The monoisotopic (exact) mass is 1120 g/mol. The number of aryl methyl sites for hydroxylation is 1. The van der Waals surface area contributed by atoms with Gasteiger partial charge in [-0.15, -0.1) is 5.10 Å². The van der Waals surface area contributed by atoms with Crippen LogP contribution in [0.15, 0.2) is 30.5 Å². The van der Waals surface area contributed by atoms with Crippen LogP contribution < -0.4 is 5.32 Å². The smallest absolute Gasteiger partial charge is 0.309 e. The number of non-ortho nitro benzene ring substituents is 1. The molecule has 0 saturated carbocycles. The van der Waals surface area contributed by atoms with Crippen LogP contribution in [-0.4, -0.2) is 189 Å². The van der Waals surface area contributed by atoms with Crippen LogP contribution in [0.4, 0.5) is 5.69 Å². The van der Waals surface area contributed by atoms with Gasteiger partial charge in [0.25, 0.3) is 11.6 Å². The van der Waals surface area contributed by atoms with Crippen molar-refractivity contribution < 1.29 is 73.6 Å². The average Bonchev–Trinajstić information content (AvgIpc) is 3.83. The Hall–Kier alpha value is -3.49. The van der Waals surface area contributed by atoms with Gasteiger partial charge in [-0.25, -0.2) is 4.68 Å². The minimum atomic E-state index is -2.05. The van der Waals surface area contributed by atoms with Gasteiger partial charge in [0, 0.05) is 55.7 Å². The highest BCUT2D eigenvalue weighted by Gasteiger charge is 2.56. The number of benzene rings is 1. The topological polar surface area (TPSA) is 308 Å². The number of nitrogens with one attached hydrogen (secondary N) is 1. The molecular formula is C52H82Cl2N6O16. The summed E-state index contributed by atoms with van der Waals surface area (Å²) in [5.41, 5.74) is -4.22. The van der Waals surface area contributed by atoms with Crippen molar-refractivity contribution in [2.24, 2.45) is 29.6 Å². The fraction of sp³-hybridized carbons (Fsp3) is 0.788. The number of ketones is 1. The first kappa shape index (κ1) is 63.3. The van der Waals surface area contributed by atoms with Gasteiger partial charge >= 0.3 is 5.97 Å². The fourth-order valence-corrected chi connectivity index (χ4v) is 12.1. The van der Waals surface area contributed by atoms with Crippen molar-refractivity contribution in [3.8, 4) is 0 Å². The molecule has 2 aromatic rings. The van der Waals surface area contributed by atoms with Crippen LogP contribution in [-0.2, 0) is 44.5 Å². The molecule has 0 radical (unpaired) electrons. The summed E-state index contributed by atoms with van der Waals surface area (Å²) in [6.45, 7) is 16.2. The molecule has 0 aliphatic carbocycles. The number of aliphatic hydroxyl groups is 6. The molecule has 76 heavy (non-hydrogen) atoms. The number of nitro benzene ring substituents is 1. The SMILES string of the molecule is CC[C@H]1OC(=O)[C@H](C)[C@@H](C2C[C@@](C)(OC)[C@@H](O)[C@H](C)O2)[C@H](C)[C@@H](O[C@@H]2O[C@H](C)C[C@H](N(C)CCCc3cn(C(c4ccc([N+](=O)[O-])cc4)C(CO)NC(=O)C(Cl)Cl)nn3)[C@H]2O)[C@](C)(O)C[C@@H](C)C(=O)[C@H](C)[C@@H](O)[C@]1(C)O. The third-order valence-corrected chi connectivity index (χ3v) is 16.8. The second-order valence-electron chi connectivity index (χ2n) is 22.3. The van der Waals surface area contributed by atoms with E-state index in [0.717, 1.165) is 0 Å².